The summed E-state index contributed by atoms with van der Waals surface area (Å²) in [7, 11) is -1.87. The van der Waals surface area contributed by atoms with Gasteiger partial charge in [0.25, 0.3) is 0 Å². The maximum absolute atomic E-state index is 12.7. The molecular weight excluding hydrogens is 292 g/mol. The number of rotatable bonds is 6. The third-order valence-corrected chi connectivity index (χ3v) is 6.10. The number of hydrogen-bond donors (Lipinski definition) is 1. The molecule has 0 amide bonds. The first-order valence-electron chi connectivity index (χ1n) is 7.36. The van der Waals surface area contributed by atoms with Crippen LogP contribution >= 0.6 is 0 Å². The lowest BCUT2D eigenvalue weighted by atomic mass is 10.3. The van der Waals surface area contributed by atoms with Crippen LogP contribution in [-0.4, -0.2) is 45.1 Å². The third-order valence-electron chi connectivity index (χ3n) is 4.12. The van der Waals surface area contributed by atoms with Gasteiger partial charge in [-0.25, -0.2) is 8.42 Å². The van der Waals surface area contributed by atoms with E-state index in [9.17, 15) is 8.42 Å². The molecule has 1 aliphatic carbocycles. The van der Waals surface area contributed by atoms with E-state index in [0.717, 1.165) is 6.42 Å². The number of nitrogens with one attached hydrogen (secondary N) is 1. The number of methoxy groups -OCH3 is 1. The van der Waals surface area contributed by atoms with Crippen LogP contribution in [0.5, 0.6) is 0 Å². The lowest BCUT2D eigenvalue weighted by Crippen LogP contribution is -2.30. The molecule has 7 heteroatoms. The molecule has 1 unspecified atom stereocenters. The Morgan fingerprint density at radius 1 is 1.43 bits per heavy atom. The molecule has 0 radical (unpaired) electrons. The van der Waals surface area contributed by atoms with Crippen LogP contribution in [-0.2, 0) is 21.3 Å². The van der Waals surface area contributed by atoms with E-state index < -0.39 is 10.0 Å². The Morgan fingerprint density at radius 3 is 2.81 bits per heavy atom. The summed E-state index contributed by atoms with van der Waals surface area (Å²) < 4.78 is 37.7. The fourth-order valence-electron chi connectivity index (χ4n) is 2.65. The zero-order valence-electron chi connectivity index (χ0n) is 12.5. The molecule has 1 aromatic heterocycles. The summed E-state index contributed by atoms with van der Waals surface area (Å²) in [5, 5.41) is 3.33. The summed E-state index contributed by atoms with van der Waals surface area (Å²) in [6.07, 6.45) is 3.11. The van der Waals surface area contributed by atoms with Crippen molar-refractivity contribution in [2.45, 2.75) is 49.8 Å². The van der Waals surface area contributed by atoms with Crippen LogP contribution in [0, 0.1) is 6.92 Å². The van der Waals surface area contributed by atoms with E-state index in [1.807, 2.05) is 0 Å². The fraction of sp³-hybridized carbons (Fsp3) is 0.714. The average molecular weight is 314 g/mol. The summed E-state index contributed by atoms with van der Waals surface area (Å²) >= 11 is 0. The molecule has 2 aliphatic rings. The van der Waals surface area contributed by atoms with Gasteiger partial charge < -0.3 is 14.5 Å². The quantitative estimate of drug-likeness (QED) is 0.855. The van der Waals surface area contributed by atoms with E-state index in [0.29, 0.717) is 37.2 Å². The molecule has 3 rings (SSSR count). The predicted octanol–water partition coefficient (Wildman–Crippen LogP) is 1.25. The van der Waals surface area contributed by atoms with Crippen LogP contribution in [0.1, 0.15) is 30.8 Å². The van der Waals surface area contributed by atoms with Gasteiger partial charge in [-0.1, -0.05) is 0 Å². The molecule has 1 aliphatic heterocycles. The van der Waals surface area contributed by atoms with Crippen molar-refractivity contribution in [2.75, 3.05) is 20.2 Å². The molecule has 0 aromatic carbocycles. The zero-order valence-corrected chi connectivity index (χ0v) is 13.3. The minimum atomic E-state index is -3.48. The van der Waals surface area contributed by atoms with E-state index >= 15 is 0 Å². The van der Waals surface area contributed by atoms with Gasteiger partial charge in [0.1, 0.15) is 16.4 Å². The first-order valence-corrected chi connectivity index (χ1v) is 8.80. The van der Waals surface area contributed by atoms with Gasteiger partial charge in [-0.3, -0.25) is 0 Å². The minimum Gasteiger partial charge on any atom is -0.464 e. The van der Waals surface area contributed by atoms with Crippen molar-refractivity contribution in [3.63, 3.8) is 0 Å². The minimum absolute atomic E-state index is 0.0111. The lowest BCUT2D eigenvalue weighted by molar-refractivity contribution is 0.115. The van der Waals surface area contributed by atoms with Crippen molar-refractivity contribution in [3.05, 3.63) is 17.6 Å². The summed E-state index contributed by atoms with van der Waals surface area (Å²) in [6.45, 7) is 3.21. The van der Waals surface area contributed by atoms with Gasteiger partial charge in [0.05, 0.1) is 12.6 Å². The second-order valence-corrected chi connectivity index (χ2v) is 7.70. The maximum atomic E-state index is 12.7. The SMILES string of the molecule is COC1CCN(S(=O)(=O)c2cc(CNC3CC3)oc2C)C1. The Kier molecular flexibility index (Phi) is 4.09. The van der Waals surface area contributed by atoms with E-state index in [2.05, 4.69) is 5.32 Å². The van der Waals surface area contributed by atoms with Gasteiger partial charge >= 0.3 is 0 Å². The molecule has 21 heavy (non-hydrogen) atoms. The summed E-state index contributed by atoms with van der Waals surface area (Å²) in [6, 6.07) is 2.22. The molecule has 118 valence electrons. The molecule has 1 saturated carbocycles. The van der Waals surface area contributed by atoms with Crippen molar-refractivity contribution >= 4 is 10.0 Å². The molecule has 6 nitrogen and oxygen atoms in total. The number of nitrogens with zero attached hydrogens (tertiary/aromatic N) is 1. The Hall–Kier alpha value is -0.890. The van der Waals surface area contributed by atoms with Crippen molar-refractivity contribution in [1.29, 1.82) is 0 Å². The van der Waals surface area contributed by atoms with Gasteiger partial charge in [0, 0.05) is 32.3 Å². The average Bonchev–Trinajstić information content (AvgIpc) is 3.00. The van der Waals surface area contributed by atoms with Gasteiger partial charge in [-0.15, -0.1) is 0 Å². The number of furan rings is 1. The first kappa shape index (κ1) is 15.0. The van der Waals surface area contributed by atoms with E-state index in [1.54, 1.807) is 20.1 Å². The highest BCUT2D eigenvalue weighted by Gasteiger charge is 2.35. The van der Waals surface area contributed by atoms with Crippen LogP contribution in [0.15, 0.2) is 15.4 Å². The summed E-state index contributed by atoms with van der Waals surface area (Å²) in [5.41, 5.74) is 0. The molecule has 2 fully saturated rings. The van der Waals surface area contributed by atoms with Crippen molar-refractivity contribution in [2.24, 2.45) is 0 Å². The van der Waals surface area contributed by atoms with Crippen LogP contribution in [0.2, 0.25) is 0 Å². The summed E-state index contributed by atoms with van der Waals surface area (Å²) in [4.78, 5) is 0.284. The highest BCUT2D eigenvalue weighted by molar-refractivity contribution is 7.89. The number of hydrogen-bond acceptors (Lipinski definition) is 5. The van der Waals surface area contributed by atoms with Crippen molar-refractivity contribution < 1.29 is 17.6 Å². The van der Waals surface area contributed by atoms with Gasteiger partial charge in [-0.05, 0) is 26.2 Å². The Morgan fingerprint density at radius 2 is 2.19 bits per heavy atom. The largest absolute Gasteiger partial charge is 0.464 e. The van der Waals surface area contributed by atoms with Crippen LogP contribution in [0.25, 0.3) is 0 Å². The Balaban J connectivity index is 1.75. The number of sulfonamides is 1. The molecule has 2 heterocycles. The first-order chi connectivity index (χ1) is 10.0. The Bertz CT molecular complexity index is 606. The van der Waals surface area contributed by atoms with Gasteiger partial charge in [0.2, 0.25) is 10.0 Å². The zero-order chi connectivity index (χ0) is 15.0. The van der Waals surface area contributed by atoms with Crippen LogP contribution in [0.4, 0.5) is 0 Å². The predicted molar refractivity (Wildman–Crippen MR) is 77.5 cm³/mol. The maximum Gasteiger partial charge on any atom is 0.246 e. The topological polar surface area (TPSA) is 71.8 Å². The molecule has 0 bridgehead atoms. The normalized spacial score (nSPS) is 23.8. The molecule has 1 saturated heterocycles. The second kappa shape index (κ2) is 5.72. The monoisotopic (exact) mass is 314 g/mol. The standard InChI is InChI=1S/C14H22N2O4S/c1-10-14(7-13(20-10)8-15-11-3-4-11)21(17,18)16-6-5-12(9-16)19-2/h7,11-12,15H,3-6,8-9H2,1-2H3. The van der Waals surface area contributed by atoms with Crippen molar-refractivity contribution in [1.82, 2.24) is 9.62 Å². The number of ether oxygens (including phenoxy) is 1. The molecule has 1 aromatic rings. The highest BCUT2D eigenvalue weighted by Crippen LogP contribution is 2.27. The number of aryl methyl sites for hydroxylation is 1. The van der Waals surface area contributed by atoms with E-state index in [-0.39, 0.29) is 11.0 Å². The Labute approximate surface area is 125 Å². The molecule has 1 N–H and O–H groups in total. The second-order valence-electron chi connectivity index (χ2n) is 5.80. The van der Waals surface area contributed by atoms with Gasteiger partial charge in [-0.2, -0.15) is 4.31 Å². The van der Waals surface area contributed by atoms with E-state index in [4.69, 9.17) is 9.15 Å². The molecule has 1 atom stereocenters. The van der Waals surface area contributed by atoms with Crippen LogP contribution < -0.4 is 5.32 Å². The lowest BCUT2D eigenvalue weighted by Gasteiger charge is -2.15. The van der Waals surface area contributed by atoms with E-state index in [1.165, 1.54) is 17.1 Å². The summed E-state index contributed by atoms with van der Waals surface area (Å²) in [5.74, 6) is 1.14. The fourth-order valence-corrected chi connectivity index (χ4v) is 4.32. The van der Waals surface area contributed by atoms with Crippen molar-refractivity contribution in [3.8, 4) is 0 Å². The molecular formula is C14H22N2O4S. The van der Waals surface area contributed by atoms with Gasteiger partial charge in [0.15, 0.2) is 0 Å². The molecule has 0 spiro atoms. The highest BCUT2D eigenvalue weighted by atomic mass is 32.2. The smallest absolute Gasteiger partial charge is 0.246 e. The van der Waals surface area contributed by atoms with Crippen LogP contribution in [0.3, 0.4) is 0 Å². The third kappa shape index (κ3) is 3.15.